The van der Waals surface area contributed by atoms with Gasteiger partial charge in [-0.2, -0.15) is 0 Å². The molecule has 1 amide bonds. The SMILES string of the molecule is CCCCCOc1cccc(C(=O)N(CCCn2ccnc2)c2nc3c(C)ccc(Cl)c3s2)c1. The van der Waals surface area contributed by atoms with E-state index in [-0.39, 0.29) is 5.91 Å². The Morgan fingerprint density at radius 2 is 2.09 bits per heavy atom. The van der Waals surface area contributed by atoms with Crippen LogP contribution in [0.25, 0.3) is 10.2 Å². The molecule has 0 fully saturated rings. The van der Waals surface area contributed by atoms with Gasteiger partial charge in [0.25, 0.3) is 5.91 Å². The van der Waals surface area contributed by atoms with Gasteiger partial charge in [-0.25, -0.2) is 9.97 Å². The second kappa shape index (κ2) is 11.5. The number of nitrogens with zero attached hydrogens (tertiary/aromatic N) is 4. The van der Waals surface area contributed by atoms with E-state index in [2.05, 4.69) is 11.9 Å². The minimum absolute atomic E-state index is 0.0996. The van der Waals surface area contributed by atoms with Gasteiger partial charge in [-0.05, 0) is 49.6 Å². The van der Waals surface area contributed by atoms with Crippen LogP contribution in [0.2, 0.25) is 5.02 Å². The molecule has 2 aromatic heterocycles. The molecule has 6 nitrogen and oxygen atoms in total. The van der Waals surface area contributed by atoms with Crippen molar-refractivity contribution in [2.24, 2.45) is 0 Å². The summed E-state index contributed by atoms with van der Waals surface area (Å²) in [6.45, 7) is 6.10. The molecule has 34 heavy (non-hydrogen) atoms. The van der Waals surface area contributed by atoms with Crippen LogP contribution in [0.5, 0.6) is 5.75 Å². The standard InChI is InChI=1S/C26H29ClN4O2S/c1-3-4-5-16-33-21-9-6-8-20(17-21)25(32)31(14-7-13-30-15-12-28-18-30)26-29-23-19(2)10-11-22(27)24(23)34-26/h6,8-12,15,17-18H,3-5,7,13-14,16H2,1-2H3. The fraction of sp³-hybridized carbons (Fsp3) is 0.346. The molecular weight excluding hydrogens is 468 g/mol. The molecule has 0 bridgehead atoms. The lowest BCUT2D eigenvalue weighted by molar-refractivity contribution is 0.0986. The van der Waals surface area contributed by atoms with Crippen molar-refractivity contribution in [3.63, 3.8) is 0 Å². The predicted octanol–water partition coefficient (Wildman–Crippen LogP) is 6.76. The van der Waals surface area contributed by atoms with E-state index < -0.39 is 0 Å². The molecule has 0 aliphatic carbocycles. The van der Waals surface area contributed by atoms with Gasteiger partial charge in [0.15, 0.2) is 5.13 Å². The Kier molecular flexibility index (Phi) is 8.19. The van der Waals surface area contributed by atoms with E-state index in [9.17, 15) is 4.79 Å². The van der Waals surface area contributed by atoms with Crippen molar-refractivity contribution in [1.29, 1.82) is 0 Å². The van der Waals surface area contributed by atoms with Gasteiger partial charge in [0.05, 0.1) is 28.2 Å². The first kappa shape index (κ1) is 24.2. The van der Waals surface area contributed by atoms with Crippen molar-refractivity contribution in [3.05, 3.63) is 71.3 Å². The van der Waals surface area contributed by atoms with Gasteiger partial charge >= 0.3 is 0 Å². The predicted molar refractivity (Wildman–Crippen MR) is 139 cm³/mol. The number of rotatable bonds is 11. The number of anilines is 1. The number of fused-ring (bicyclic) bond motifs is 1. The molecule has 0 radical (unpaired) electrons. The summed E-state index contributed by atoms with van der Waals surface area (Å²) in [4.78, 5) is 24.4. The van der Waals surface area contributed by atoms with Crippen LogP contribution >= 0.6 is 22.9 Å². The average molecular weight is 497 g/mol. The van der Waals surface area contributed by atoms with Crippen molar-refractivity contribution in [2.75, 3.05) is 18.1 Å². The minimum atomic E-state index is -0.0996. The maximum absolute atomic E-state index is 13.7. The number of benzene rings is 2. The number of unbranched alkanes of at least 4 members (excludes halogenated alkanes) is 2. The number of aryl methyl sites for hydroxylation is 2. The van der Waals surface area contributed by atoms with Crippen LogP contribution in [0.3, 0.4) is 0 Å². The van der Waals surface area contributed by atoms with E-state index >= 15 is 0 Å². The van der Waals surface area contributed by atoms with E-state index in [0.29, 0.717) is 34.6 Å². The lowest BCUT2D eigenvalue weighted by atomic mass is 10.2. The number of ether oxygens (including phenoxy) is 1. The number of carbonyl (C=O) groups excluding carboxylic acids is 1. The smallest absolute Gasteiger partial charge is 0.260 e. The number of amides is 1. The molecule has 0 saturated carbocycles. The van der Waals surface area contributed by atoms with E-state index in [1.54, 1.807) is 17.4 Å². The van der Waals surface area contributed by atoms with Crippen LogP contribution in [0.1, 0.15) is 48.5 Å². The Hall–Kier alpha value is -2.90. The summed E-state index contributed by atoms with van der Waals surface area (Å²) in [7, 11) is 0. The van der Waals surface area contributed by atoms with Crippen LogP contribution in [0.15, 0.2) is 55.1 Å². The van der Waals surface area contributed by atoms with Crippen LogP contribution in [-0.4, -0.2) is 33.6 Å². The summed E-state index contributed by atoms with van der Waals surface area (Å²) in [6, 6.07) is 11.3. The van der Waals surface area contributed by atoms with Crippen molar-refractivity contribution in [3.8, 4) is 5.75 Å². The van der Waals surface area contributed by atoms with Crippen LogP contribution in [0, 0.1) is 6.92 Å². The number of hydrogen-bond acceptors (Lipinski definition) is 5. The lowest BCUT2D eigenvalue weighted by Gasteiger charge is -2.20. The van der Waals surface area contributed by atoms with Gasteiger partial charge in [-0.1, -0.05) is 54.8 Å². The largest absolute Gasteiger partial charge is 0.494 e. The zero-order valence-electron chi connectivity index (χ0n) is 19.5. The van der Waals surface area contributed by atoms with Crippen LogP contribution < -0.4 is 9.64 Å². The fourth-order valence-corrected chi connectivity index (χ4v) is 5.08. The monoisotopic (exact) mass is 496 g/mol. The minimum Gasteiger partial charge on any atom is -0.494 e. The number of aromatic nitrogens is 3. The third kappa shape index (κ3) is 5.77. The van der Waals surface area contributed by atoms with Gasteiger partial charge in [0.2, 0.25) is 0 Å². The van der Waals surface area contributed by atoms with Gasteiger partial charge < -0.3 is 9.30 Å². The highest BCUT2D eigenvalue weighted by molar-refractivity contribution is 7.23. The molecular formula is C26H29ClN4O2S. The number of hydrogen-bond donors (Lipinski definition) is 0. The summed E-state index contributed by atoms with van der Waals surface area (Å²) >= 11 is 7.90. The average Bonchev–Trinajstić information content (AvgIpc) is 3.53. The first-order chi connectivity index (χ1) is 16.6. The Labute approximate surface area is 209 Å². The number of halogens is 1. The molecule has 0 spiro atoms. The van der Waals surface area contributed by atoms with Crippen molar-refractivity contribution < 1.29 is 9.53 Å². The van der Waals surface area contributed by atoms with Gasteiger partial charge in [-0.3, -0.25) is 9.69 Å². The second-order valence-electron chi connectivity index (χ2n) is 8.23. The number of imidazole rings is 1. The first-order valence-electron chi connectivity index (χ1n) is 11.6. The third-order valence-corrected chi connectivity index (χ3v) is 7.16. The molecule has 0 N–H and O–H groups in total. The Morgan fingerprint density at radius 3 is 2.85 bits per heavy atom. The Bertz CT molecular complexity index is 1200. The van der Waals surface area contributed by atoms with Crippen LogP contribution in [0.4, 0.5) is 5.13 Å². The molecule has 0 saturated heterocycles. The Balaban J connectivity index is 1.59. The highest BCUT2D eigenvalue weighted by Gasteiger charge is 2.23. The van der Waals surface area contributed by atoms with Crippen molar-refractivity contribution >= 4 is 44.2 Å². The van der Waals surface area contributed by atoms with E-state index in [1.165, 1.54) is 11.3 Å². The number of thiazole rings is 1. The molecule has 4 rings (SSSR count). The molecule has 8 heteroatoms. The molecule has 0 unspecified atom stereocenters. The van der Waals surface area contributed by atoms with Gasteiger partial charge in [0.1, 0.15) is 5.75 Å². The van der Waals surface area contributed by atoms with Crippen LogP contribution in [-0.2, 0) is 6.54 Å². The van der Waals surface area contributed by atoms with E-state index in [4.69, 9.17) is 21.3 Å². The number of carbonyl (C=O) groups is 1. The van der Waals surface area contributed by atoms with Gasteiger partial charge in [0, 0.05) is 31.0 Å². The highest BCUT2D eigenvalue weighted by Crippen LogP contribution is 2.36. The molecule has 178 valence electrons. The zero-order chi connectivity index (χ0) is 23.9. The second-order valence-corrected chi connectivity index (χ2v) is 9.62. The topological polar surface area (TPSA) is 60.2 Å². The third-order valence-electron chi connectivity index (χ3n) is 5.62. The van der Waals surface area contributed by atoms with E-state index in [1.807, 2.05) is 54.1 Å². The van der Waals surface area contributed by atoms with E-state index in [0.717, 1.165) is 48.0 Å². The quantitative estimate of drug-likeness (QED) is 0.215. The molecule has 0 aliphatic rings. The Morgan fingerprint density at radius 1 is 1.21 bits per heavy atom. The lowest BCUT2D eigenvalue weighted by Crippen LogP contribution is -2.32. The summed E-state index contributed by atoms with van der Waals surface area (Å²) in [5.41, 5.74) is 2.46. The molecule has 0 aliphatic heterocycles. The molecule has 2 aromatic carbocycles. The first-order valence-corrected chi connectivity index (χ1v) is 12.8. The molecule has 4 aromatic rings. The summed E-state index contributed by atoms with van der Waals surface area (Å²) in [5.74, 6) is 0.612. The van der Waals surface area contributed by atoms with Gasteiger partial charge in [-0.15, -0.1) is 0 Å². The summed E-state index contributed by atoms with van der Waals surface area (Å²) in [5, 5.41) is 1.30. The zero-order valence-corrected chi connectivity index (χ0v) is 21.1. The maximum atomic E-state index is 13.7. The summed E-state index contributed by atoms with van der Waals surface area (Å²) < 4.78 is 8.79. The molecule has 2 heterocycles. The highest BCUT2D eigenvalue weighted by atomic mass is 35.5. The van der Waals surface area contributed by atoms with Crippen molar-refractivity contribution in [2.45, 2.75) is 46.1 Å². The molecule has 0 atom stereocenters. The normalized spacial score (nSPS) is 11.1. The fourth-order valence-electron chi connectivity index (χ4n) is 3.74. The summed E-state index contributed by atoms with van der Waals surface area (Å²) in [6.07, 6.45) is 9.50. The maximum Gasteiger partial charge on any atom is 0.260 e. The van der Waals surface area contributed by atoms with Crippen molar-refractivity contribution in [1.82, 2.24) is 14.5 Å².